The average molecular weight is 246 g/mol. The first-order valence-corrected chi connectivity index (χ1v) is 5.64. The summed E-state index contributed by atoms with van der Waals surface area (Å²) in [7, 11) is 0. The monoisotopic (exact) mass is 246 g/mol. The first-order chi connectivity index (χ1) is 7.97. The molecule has 0 radical (unpaired) electrons. The van der Waals surface area contributed by atoms with Crippen molar-refractivity contribution in [3.05, 3.63) is 12.2 Å². The molecule has 100 valence electrons. The Morgan fingerprint density at radius 2 is 2.00 bits per heavy atom. The Bertz CT molecular complexity index is 237. The number of ether oxygens (including phenoxy) is 3. The van der Waals surface area contributed by atoms with Crippen molar-refractivity contribution in [2.45, 2.75) is 27.1 Å². The zero-order chi connectivity index (χ0) is 13.3. The Morgan fingerprint density at radius 1 is 1.35 bits per heavy atom. The summed E-state index contributed by atoms with van der Waals surface area (Å²) in [5, 5.41) is 8.58. The average Bonchev–Trinajstić information content (AvgIpc) is 2.25. The summed E-state index contributed by atoms with van der Waals surface area (Å²) >= 11 is 0. The zero-order valence-corrected chi connectivity index (χ0v) is 10.8. The third-order valence-electron chi connectivity index (χ3n) is 1.69. The molecule has 0 aliphatic carbocycles. The molecule has 1 N–H and O–H groups in total. The van der Waals surface area contributed by atoms with Crippen LogP contribution in [0.2, 0.25) is 0 Å². The number of hydrogen-bond donors (Lipinski definition) is 1. The molecular formula is C12H22O5. The third-order valence-corrected chi connectivity index (χ3v) is 1.69. The van der Waals surface area contributed by atoms with Gasteiger partial charge in [0.25, 0.3) is 0 Å². The minimum atomic E-state index is -0.756. The molecule has 1 atom stereocenters. The number of aliphatic hydroxyl groups is 1. The SMILES string of the molecule is C=C(C)C(=O)OC(COCCO)OCC(C)C. The van der Waals surface area contributed by atoms with E-state index in [9.17, 15) is 4.79 Å². The number of esters is 1. The van der Waals surface area contributed by atoms with Crippen LogP contribution in [-0.4, -0.2) is 43.8 Å². The predicted octanol–water partition coefficient (Wildman–Crippen LogP) is 1.11. The second-order valence-electron chi connectivity index (χ2n) is 4.14. The fraction of sp³-hybridized carbons (Fsp3) is 0.750. The van der Waals surface area contributed by atoms with Crippen LogP contribution in [0, 0.1) is 5.92 Å². The van der Waals surface area contributed by atoms with Gasteiger partial charge in [-0.25, -0.2) is 4.79 Å². The van der Waals surface area contributed by atoms with Crippen LogP contribution in [0.5, 0.6) is 0 Å². The molecule has 0 saturated carbocycles. The quantitative estimate of drug-likeness (QED) is 0.286. The molecule has 5 nitrogen and oxygen atoms in total. The van der Waals surface area contributed by atoms with Gasteiger partial charge < -0.3 is 19.3 Å². The van der Waals surface area contributed by atoms with Gasteiger partial charge in [-0.2, -0.15) is 0 Å². The number of hydrogen-bond acceptors (Lipinski definition) is 5. The Hall–Kier alpha value is -0.910. The van der Waals surface area contributed by atoms with Crippen molar-refractivity contribution in [3.63, 3.8) is 0 Å². The lowest BCUT2D eigenvalue weighted by Gasteiger charge is -2.19. The van der Waals surface area contributed by atoms with E-state index >= 15 is 0 Å². The minimum absolute atomic E-state index is 0.0780. The number of carbonyl (C=O) groups is 1. The smallest absolute Gasteiger partial charge is 0.335 e. The number of aliphatic hydroxyl groups excluding tert-OH is 1. The fourth-order valence-corrected chi connectivity index (χ4v) is 0.880. The van der Waals surface area contributed by atoms with E-state index in [1.54, 1.807) is 6.92 Å². The van der Waals surface area contributed by atoms with Crippen LogP contribution in [0.15, 0.2) is 12.2 Å². The third kappa shape index (κ3) is 8.85. The molecular weight excluding hydrogens is 224 g/mol. The van der Waals surface area contributed by atoms with Crippen LogP contribution < -0.4 is 0 Å². The summed E-state index contributed by atoms with van der Waals surface area (Å²) in [4.78, 5) is 11.3. The highest BCUT2D eigenvalue weighted by Crippen LogP contribution is 2.04. The van der Waals surface area contributed by atoms with Crippen molar-refractivity contribution in [1.29, 1.82) is 0 Å². The topological polar surface area (TPSA) is 65.0 Å². The predicted molar refractivity (Wildman–Crippen MR) is 63.4 cm³/mol. The van der Waals surface area contributed by atoms with Crippen molar-refractivity contribution in [2.75, 3.05) is 26.4 Å². The summed E-state index contributed by atoms with van der Waals surface area (Å²) in [6.07, 6.45) is -0.756. The van der Waals surface area contributed by atoms with E-state index in [4.69, 9.17) is 19.3 Å². The molecule has 0 bridgehead atoms. The standard InChI is InChI=1S/C12H22O5/c1-9(2)7-16-11(8-15-6-5-13)17-12(14)10(3)4/h9,11,13H,3,5-8H2,1-2,4H3. The minimum Gasteiger partial charge on any atom is -0.430 e. The molecule has 5 heteroatoms. The highest BCUT2D eigenvalue weighted by Gasteiger charge is 2.16. The Balaban J connectivity index is 4.09. The van der Waals surface area contributed by atoms with Crippen LogP contribution in [0.3, 0.4) is 0 Å². The van der Waals surface area contributed by atoms with Crippen LogP contribution in [0.4, 0.5) is 0 Å². The second kappa shape index (κ2) is 9.15. The molecule has 0 aliphatic heterocycles. The van der Waals surface area contributed by atoms with Gasteiger partial charge in [-0.1, -0.05) is 20.4 Å². The number of rotatable bonds is 9. The van der Waals surface area contributed by atoms with E-state index in [2.05, 4.69) is 6.58 Å². The summed E-state index contributed by atoms with van der Waals surface area (Å²) in [6.45, 7) is 9.72. The van der Waals surface area contributed by atoms with E-state index in [1.165, 1.54) is 0 Å². The van der Waals surface area contributed by atoms with E-state index in [0.29, 0.717) is 18.1 Å². The van der Waals surface area contributed by atoms with E-state index < -0.39 is 12.3 Å². The normalized spacial score (nSPS) is 12.5. The fourth-order valence-electron chi connectivity index (χ4n) is 0.880. The molecule has 0 aromatic rings. The molecule has 17 heavy (non-hydrogen) atoms. The first-order valence-electron chi connectivity index (χ1n) is 5.64. The Kier molecular flexibility index (Phi) is 8.66. The van der Waals surface area contributed by atoms with Crippen molar-refractivity contribution in [1.82, 2.24) is 0 Å². The highest BCUT2D eigenvalue weighted by atomic mass is 16.7. The van der Waals surface area contributed by atoms with Crippen molar-refractivity contribution in [2.24, 2.45) is 5.92 Å². The maximum Gasteiger partial charge on any atom is 0.335 e. The largest absolute Gasteiger partial charge is 0.430 e. The molecule has 0 spiro atoms. The number of carbonyl (C=O) groups excluding carboxylic acids is 1. The summed E-state index contributed by atoms with van der Waals surface area (Å²) in [5.41, 5.74) is 0.310. The summed E-state index contributed by atoms with van der Waals surface area (Å²) in [6, 6.07) is 0. The van der Waals surface area contributed by atoms with Gasteiger partial charge in [0, 0.05) is 5.57 Å². The van der Waals surface area contributed by atoms with Crippen LogP contribution in [0.1, 0.15) is 20.8 Å². The Morgan fingerprint density at radius 3 is 2.47 bits per heavy atom. The first kappa shape index (κ1) is 16.1. The van der Waals surface area contributed by atoms with Crippen molar-refractivity contribution in [3.8, 4) is 0 Å². The molecule has 0 aliphatic rings. The molecule has 0 aromatic heterocycles. The lowest BCUT2D eigenvalue weighted by molar-refractivity contribution is -0.189. The van der Waals surface area contributed by atoms with Gasteiger partial charge in [0.1, 0.15) is 6.61 Å². The molecule has 0 rings (SSSR count). The zero-order valence-electron chi connectivity index (χ0n) is 10.8. The van der Waals surface area contributed by atoms with E-state index in [-0.39, 0.29) is 19.8 Å². The van der Waals surface area contributed by atoms with Gasteiger partial charge in [-0.3, -0.25) is 0 Å². The molecule has 0 fully saturated rings. The molecule has 0 aromatic carbocycles. The summed E-state index contributed by atoms with van der Waals surface area (Å²) < 4.78 is 15.5. The molecule has 0 amide bonds. The lowest BCUT2D eigenvalue weighted by atomic mass is 10.2. The van der Waals surface area contributed by atoms with Gasteiger partial charge in [0.15, 0.2) is 0 Å². The van der Waals surface area contributed by atoms with E-state index in [0.717, 1.165) is 0 Å². The molecule has 0 saturated heterocycles. The van der Waals surface area contributed by atoms with E-state index in [1.807, 2.05) is 13.8 Å². The van der Waals surface area contributed by atoms with Gasteiger partial charge in [-0.05, 0) is 12.8 Å². The molecule has 0 heterocycles. The van der Waals surface area contributed by atoms with Gasteiger partial charge in [-0.15, -0.1) is 0 Å². The van der Waals surface area contributed by atoms with Crippen LogP contribution in [-0.2, 0) is 19.0 Å². The maximum absolute atomic E-state index is 11.3. The van der Waals surface area contributed by atoms with Crippen molar-refractivity contribution < 1.29 is 24.1 Å². The van der Waals surface area contributed by atoms with Crippen molar-refractivity contribution >= 4 is 5.97 Å². The lowest BCUT2D eigenvalue weighted by Crippen LogP contribution is -2.28. The maximum atomic E-state index is 11.3. The molecule has 1 unspecified atom stereocenters. The van der Waals surface area contributed by atoms with Gasteiger partial charge in [0.05, 0.1) is 19.8 Å². The van der Waals surface area contributed by atoms with Crippen LogP contribution in [0.25, 0.3) is 0 Å². The Labute approximate surface area is 102 Å². The second-order valence-corrected chi connectivity index (χ2v) is 4.14. The van der Waals surface area contributed by atoms with Gasteiger partial charge in [0.2, 0.25) is 6.29 Å². The highest BCUT2D eigenvalue weighted by molar-refractivity contribution is 5.87. The van der Waals surface area contributed by atoms with Crippen LogP contribution >= 0.6 is 0 Å². The summed E-state index contributed by atoms with van der Waals surface area (Å²) in [5.74, 6) is -0.176. The van der Waals surface area contributed by atoms with Gasteiger partial charge >= 0.3 is 5.97 Å².